The van der Waals surface area contributed by atoms with Crippen LogP contribution in [0.25, 0.3) is 0 Å². The molecule has 2 N–H and O–H groups in total. The van der Waals surface area contributed by atoms with Crippen molar-refractivity contribution in [1.82, 2.24) is 4.98 Å². The summed E-state index contributed by atoms with van der Waals surface area (Å²) >= 11 is 1.83. The minimum Gasteiger partial charge on any atom is -0.351 e. The Morgan fingerprint density at radius 3 is 3.00 bits per heavy atom. The molecule has 2 rings (SSSR count). The van der Waals surface area contributed by atoms with E-state index in [0.29, 0.717) is 0 Å². The standard InChI is InChI=1S/C13H23N3S/c1-4-9(2)8-16(3)13-15-12-10(14)6-5-7-11(12)17-13/h9-10H,4-8,14H2,1-3H3. The summed E-state index contributed by atoms with van der Waals surface area (Å²) in [7, 11) is 2.14. The highest BCUT2D eigenvalue weighted by molar-refractivity contribution is 7.15. The second kappa shape index (κ2) is 5.36. The molecule has 0 aliphatic heterocycles. The molecule has 0 saturated carbocycles. The van der Waals surface area contributed by atoms with Gasteiger partial charge in [0.2, 0.25) is 0 Å². The van der Waals surface area contributed by atoms with Crippen LogP contribution >= 0.6 is 11.3 Å². The van der Waals surface area contributed by atoms with Crippen LogP contribution in [0.2, 0.25) is 0 Å². The van der Waals surface area contributed by atoms with Crippen LogP contribution in [0.3, 0.4) is 0 Å². The van der Waals surface area contributed by atoms with Gasteiger partial charge in [0.05, 0.1) is 5.69 Å². The van der Waals surface area contributed by atoms with Gasteiger partial charge in [0, 0.05) is 24.5 Å². The van der Waals surface area contributed by atoms with Crippen LogP contribution < -0.4 is 10.6 Å². The Kier molecular flexibility index (Phi) is 4.05. The predicted octanol–water partition coefficient (Wildman–Crippen LogP) is 2.96. The van der Waals surface area contributed by atoms with Crippen LogP contribution in [0.4, 0.5) is 5.13 Å². The third kappa shape index (κ3) is 2.80. The van der Waals surface area contributed by atoms with Crippen LogP contribution in [0.5, 0.6) is 0 Å². The lowest BCUT2D eigenvalue weighted by molar-refractivity contribution is 0.553. The molecule has 1 aliphatic carbocycles. The summed E-state index contributed by atoms with van der Waals surface area (Å²) in [6.07, 6.45) is 4.68. The molecule has 0 bridgehead atoms. The highest BCUT2D eigenvalue weighted by atomic mass is 32.1. The fraction of sp³-hybridized carbons (Fsp3) is 0.769. The molecule has 4 heteroatoms. The third-order valence-corrected chi connectivity index (χ3v) is 4.84. The first-order valence-corrected chi connectivity index (χ1v) is 7.39. The van der Waals surface area contributed by atoms with Gasteiger partial charge in [0.15, 0.2) is 5.13 Å². The normalized spacial score (nSPS) is 21.1. The van der Waals surface area contributed by atoms with Gasteiger partial charge in [-0.05, 0) is 25.2 Å². The van der Waals surface area contributed by atoms with Crippen molar-refractivity contribution in [2.75, 3.05) is 18.5 Å². The van der Waals surface area contributed by atoms with Gasteiger partial charge < -0.3 is 10.6 Å². The summed E-state index contributed by atoms with van der Waals surface area (Å²) in [4.78, 5) is 8.43. The zero-order chi connectivity index (χ0) is 12.4. The summed E-state index contributed by atoms with van der Waals surface area (Å²) in [5.74, 6) is 0.717. The maximum atomic E-state index is 6.11. The van der Waals surface area contributed by atoms with Gasteiger partial charge in [-0.25, -0.2) is 4.98 Å². The number of nitrogens with zero attached hydrogens (tertiary/aromatic N) is 2. The van der Waals surface area contributed by atoms with Gasteiger partial charge in [0.1, 0.15) is 0 Å². The van der Waals surface area contributed by atoms with Crippen LogP contribution in [0.1, 0.15) is 49.7 Å². The van der Waals surface area contributed by atoms with E-state index in [2.05, 4.69) is 25.8 Å². The maximum Gasteiger partial charge on any atom is 0.185 e. The van der Waals surface area contributed by atoms with E-state index < -0.39 is 0 Å². The van der Waals surface area contributed by atoms with Crippen molar-refractivity contribution in [2.24, 2.45) is 11.7 Å². The van der Waals surface area contributed by atoms with Gasteiger partial charge in [-0.1, -0.05) is 20.3 Å². The maximum absolute atomic E-state index is 6.11. The summed E-state index contributed by atoms with van der Waals surface area (Å²) in [5, 5.41) is 1.15. The SMILES string of the molecule is CCC(C)CN(C)c1nc2c(s1)CCCC2N. The molecule has 2 unspecified atom stereocenters. The number of rotatable bonds is 4. The number of fused-ring (bicyclic) bond motifs is 1. The second-order valence-corrected chi connectivity index (χ2v) is 6.26. The van der Waals surface area contributed by atoms with Gasteiger partial charge in [-0.2, -0.15) is 0 Å². The topological polar surface area (TPSA) is 42.2 Å². The fourth-order valence-corrected chi connectivity index (χ4v) is 3.42. The second-order valence-electron chi connectivity index (χ2n) is 5.20. The molecule has 0 radical (unpaired) electrons. The Bertz CT molecular complexity index is 375. The van der Waals surface area contributed by atoms with Crippen LogP contribution in [0, 0.1) is 5.92 Å². The molecule has 0 aromatic carbocycles. The molecule has 0 fully saturated rings. The van der Waals surface area contributed by atoms with Crippen LogP contribution in [0.15, 0.2) is 0 Å². The Labute approximate surface area is 108 Å². The first kappa shape index (κ1) is 12.8. The highest BCUT2D eigenvalue weighted by Gasteiger charge is 2.23. The molecule has 1 heterocycles. The van der Waals surface area contributed by atoms with Crippen molar-refractivity contribution >= 4 is 16.5 Å². The minimum atomic E-state index is 0.167. The van der Waals surface area contributed by atoms with Crippen molar-refractivity contribution < 1.29 is 0 Å². The lowest BCUT2D eigenvalue weighted by atomic mass is 9.99. The molecule has 0 saturated heterocycles. The van der Waals surface area contributed by atoms with Crippen molar-refractivity contribution in [3.05, 3.63) is 10.6 Å². The van der Waals surface area contributed by atoms with E-state index in [9.17, 15) is 0 Å². The lowest BCUT2D eigenvalue weighted by Crippen LogP contribution is -2.23. The number of thiazole rings is 1. The first-order valence-electron chi connectivity index (χ1n) is 6.58. The summed E-state index contributed by atoms with van der Waals surface area (Å²) in [5.41, 5.74) is 7.27. The molecule has 0 spiro atoms. The van der Waals surface area contributed by atoms with Gasteiger partial charge in [0.25, 0.3) is 0 Å². The molecule has 2 atom stereocenters. The molecular formula is C13H23N3S. The number of aromatic nitrogens is 1. The van der Waals surface area contributed by atoms with Crippen LogP contribution in [-0.4, -0.2) is 18.6 Å². The number of aryl methyl sites for hydroxylation is 1. The van der Waals surface area contributed by atoms with Crippen molar-refractivity contribution in [3.8, 4) is 0 Å². The molecule has 3 nitrogen and oxygen atoms in total. The fourth-order valence-electron chi connectivity index (χ4n) is 2.28. The zero-order valence-corrected chi connectivity index (χ0v) is 11.9. The quantitative estimate of drug-likeness (QED) is 0.897. The number of nitrogens with two attached hydrogens (primary N) is 1. The minimum absolute atomic E-state index is 0.167. The van der Waals surface area contributed by atoms with Crippen molar-refractivity contribution in [2.45, 2.75) is 45.6 Å². The average molecular weight is 253 g/mol. The largest absolute Gasteiger partial charge is 0.351 e. The van der Waals surface area contributed by atoms with E-state index in [0.717, 1.165) is 36.1 Å². The molecule has 0 amide bonds. The van der Waals surface area contributed by atoms with Crippen molar-refractivity contribution in [3.63, 3.8) is 0 Å². The monoisotopic (exact) mass is 253 g/mol. The Morgan fingerprint density at radius 1 is 1.59 bits per heavy atom. The number of anilines is 1. The van der Waals surface area contributed by atoms with Crippen molar-refractivity contribution in [1.29, 1.82) is 0 Å². The highest BCUT2D eigenvalue weighted by Crippen LogP contribution is 2.35. The Morgan fingerprint density at radius 2 is 2.35 bits per heavy atom. The van der Waals surface area contributed by atoms with E-state index in [4.69, 9.17) is 10.7 Å². The van der Waals surface area contributed by atoms with E-state index >= 15 is 0 Å². The predicted molar refractivity (Wildman–Crippen MR) is 74.7 cm³/mol. The molecule has 1 aliphatic rings. The average Bonchev–Trinajstić information content (AvgIpc) is 2.74. The molecule has 1 aromatic heterocycles. The lowest BCUT2D eigenvalue weighted by Gasteiger charge is -2.19. The van der Waals surface area contributed by atoms with E-state index in [1.165, 1.54) is 17.7 Å². The summed E-state index contributed by atoms with van der Waals surface area (Å²) in [6, 6.07) is 0.167. The Hall–Kier alpha value is -0.610. The summed E-state index contributed by atoms with van der Waals surface area (Å²) in [6.45, 7) is 5.61. The van der Waals surface area contributed by atoms with Gasteiger partial charge in [-0.15, -0.1) is 11.3 Å². The van der Waals surface area contributed by atoms with E-state index in [1.54, 1.807) is 0 Å². The molecule has 96 valence electrons. The van der Waals surface area contributed by atoms with Crippen LogP contribution in [-0.2, 0) is 6.42 Å². The first-order chi connectivity index (χ1) is 8.11. The third-order valence-electron chi connectivity index (χ3n) is 3.60. The summed E-state index contributed by atoms with van der Waals surface area (Å²) < 4.78 is 0. The Balaban J connectivity index is 2.11. The van der Waals surface area contributed by atoms with Gasteiger partial charge in [-0.3, -0.25) is 0 Å². The van der Waals surface area contributed by atoms with Gasteiger partial charge >= 0.3 is 0 Å². The van der Waals surface area contributed by atoms with E-state index in [-0.39, 0.29) is 6.04 Å². The smallest absolute Gasteiger partial charge is 0.185 e. The number of hydrogen-bond donors (Lipinski definition) is 1. The molecular weight excluding hydrogens is 230 g/mol. The number of hydrogen-bond acceptors (Lipinski definition) is 4. The molecule has 1 aromatic rings. The zero-order valence-electron chi connectivity index (χ0n) is 11.1. The molecule has 17 heavy (non-hydrogen) atoms. The van der Waals surface area contributed by atoms with E-state index in [1.807, 2.05) is 11.3 Å².